The molecule has 4 nitrogen and oxygen atoms in total. The lowest BCUT2D eigenvalue weighted by Gasteiger charge is -2.29. The fourth-order valence-corrected chi connectivity index (χ4v) is 12.1. The van der Waals surface area contributed by atoms with Crippen LogP contribution in [0.5, 0.6) is 23.0 Å². The highest BCUT2D eigenvalue weighted by Gasteiger charge is 2.28. The van der Waals surface area contributed by atoms with E-state index >= 15 is 0 Å². The average Bonchev–Trinajstić information content (AvgIpc) is 3.33. The molecule has 0 aromatic heterocycles. The highest BCUT2D eigenvalue weighted by Crippen LogP contribution is 2.49. The third kappa shape index (κ3) is 10.2. The molecule has 4 heteroatoms. The molecule has 1 fully saturated rings. The van der Waals surface area contributed by atoms with Crippen LogP contribution in [-0.4, -0.2) is 22.4 Å². The topological polar surface area (TPSA) is 58.9 Å². The van der Waals surface area contributed by atoms with Gasteiger partial charge in [0.15, 0.2) is 0 Å². The highest BCUT2D eigenvalue weighted by molar-refractivity contribution is 5.89. The first-order valence-corrected chi connectivity index (χ1v) is 26.5. The molecular weight excluding hydrogens is 821 g/mol. The summed E-state index contributed by atoms with van der Waals surface area (Å²) in [6.45, 7) is 13.0. The van der Waals surface area contributed by atoms with Crippen molar-refractivity contribution in [2.24, 2.45) is 0 Å². The van der Waals surface area contributed by atoms with Crippen LogP contribution in [0.15, 0.2) is 84.0 Å². The molecule has 2 atom stereocenters. The summed E-state index contributed by atoms with van der Waals surface area (Å²) in [6.07, 6.45) is 25.7. The first kappa shape index (κ1) is 46.9. The first-order valence-electron chi connectivity index (χ1n) is 26.5. The number of hydrogen-bond acceptors (Lipinski definition) is 4. The van der Waals surface area contributed by atoms with Gasteiger partial charge in [0.2, 0.25) is 0 Å². The zero-order valence-corrected chi connectivity index (χ0v) is 41.6. The zero-order chi connectivity index (χ0) is 46.6. The summed E-state index contributed by atoms with van der Waals surface area (Å²) < 4.78 is 13.9. The Kier molecular flexibility index (Phi) is 14.7. The summed E-state index contributed by atoms with van der Waals surface area (Å²) in [7, 11) is 0. The number of ether oxygens (including phenoxy) is 2. The van der Waals surface area contributed by atoms with Crippen LogP contribution in [0.4, 0.5) is 0 Å². The molecule has 0 heterocycles. The molecule has 0 saturated heterocycles. The molecule has 5 aromatic rings. The predicted molar refractivity (Wildman–Crippen MR) is 280 cm³/mol. The maximum absolute atomic E-state index is 12.5. The first-order chi connectivity index (χ1) is 32.6. The molecule has 4 aliphatic carbocycles. The third-order valence-corrected chi connectivity index (χ3v) is 15.5. The molecule has 2 N–H and O–H groups in total. The molecule has 9 rings (SSSR count). The number of aromatic hydroxyl groups is 2. The van der Waals surface area contributed by atoms with Gasteiger partial charge in [-0.3, -0.25) is 0 Å². The van der Waals surface area contributed by atoms with Gasteiger partial charge in [0.25, 0.3) is 0 Å². The number of fused-ring (bicyclic) bond motifs is 3. The van der Waals surface area contributed by atoms with Crippen LogP contribution in [0, 0.1) is 13.8 Å². The van der Waals surface area contributed by atoms with Crippen LogP contribution in [0.25, 0.3) is 39.0 Å². The van der Waals surface area contributed by atoms with E-state index in [2.05, 4.69) is 114 Å². The minimum atomic E-state index is -0.183. The van der Waals surface area contributed by atoms with Crippen molar-refractivity contribution < 1.29 is 19.7 Å². The predicted octanol–water partition coefficient (Wildman–Crippen LogP) is 16.8. The van der Waals surface area contributed by atoms with E-state index in [4.69, 9.17) is 9.47 Å². The van der Waals surface area contributed by atoms with Crippen LogP contribution in [0.3, 0.4) is 0 Å². The number of phenolic OH excluding ortho intramolecular Hbond substituents is 2. The smallest absolute Gasteiger partial charge is 0.131 e. The van der Waals surface area contributed by atoms with Crippen LogP contribution < -0.4 is 9.47 Å². The standard InChI is InChI=1S/C63H76O4/c1-7-44-28-30-59(53(37-44)56-33-40(3)32-55(62(56)64)52-27-13-11-9-10-12-20-46-21-14-17-24-49(46)52)66-42(5)36-43(6)67-60-31-29-45(8-2)38-54(60)57-34-41(4)35-58(63(57)65)61-50-25-18-15-22-47(50)39-48-23-16-19-26-51(48)61/h20,28-35,37-39,42-43,64-65H,7-19,21-27,36H2,1-6H3/b46-20-,52-49+/t42-,43-/m1/s1. The summed E-state index contributed by atoms with van der Waals surface area (Å²) in [5.74, 6) is 2.28. The number of aryl methyl sites for hydroxylation is 6. The Morgan fingerprint density at radius 2 is 0.955 bits per heavy atom. The maximum atomic E-state index is 12.5. The summed E-state index contributed by atoms with van der Waals surface area (Å²) in [6, 6.07) is 24.2. The van der Waals surface area contributed by atoms with Crippen LogP contribution >= 0.6 is 0 Å². The van der Waals surface area contributed by atoms with Gasteiger partial charge in [-0.2, -0.15) is 0 Å². The van der Waals surface area contributed by atoms with Crippen LogP contribution in [0.2, 0.25) is 0 Å². The number of phenols is 2. The minimum absolute atomic E-state index is 0.182. The van der Waals surface area contributed by atoms with E-state index in [-0.39, 0.29) is 12.2 Å². The fourth-order valence-electron chi connectivity index (χ4n) is 12.1. The van der Waals surface area contributed by atoms with E-state index in [0.717, 1.165) is 127 Å². The Morgan fingerprint density at radius 1 is 0.478 bits per heavy atom. The second kappa shape index (κ2) is 21.0. The van der Waals surface area contributed by atoms with Gasteiger partial charge in [-0.25, -0.2) is 0 Å². The largest absolute Gasteiger partial charge is 0.507 e. The quantitative estimate of drug-likeness (QED) is 0.131. The monoisotopic (exact) mass is 897 g/mol. The van der Waals surface area contributed by atoms with E-state index in [1.165, 1.54) is 113 Å². The van der Waals surface area contributed by atoms with Gasteiger partial charge >= 0.3 is 0 Å². The van der Waals surface area contributed by atoms with Crippen molar-refractivity contribution in [2.75, 3.05) is 0 Å². The van der Waals surface area contributed by atoms with Gasteiger partial charge in [-0.05, 0) is 259 Å². The Bertz CT molecular complexity index is 2640. The SMILES string of the molecule is CCc1ccc(O[C@H](C)C[C@@H](C)Oc2ccc(CC)cc2-c2cc(C)cc(-c3c4c(cc5c3CCCC5)CCCC4)c2O)c(-c2cc(C)cc(/C3=C4\CCCC\C4=C\CCCCCC3)c2O)c1. The van der Waals surface area contributed by atoms with E-state index < -0.39 is 0 Å². The lowest BCUT2D eigenvalue weighted by Crippen LogP contribution is -2.23. The Morgan fingerprint density at radius 3 is 1.55 bits per heavy atom. The van der Waals surface area contributed by atoms with E-state index in [9.17, 15) is 10.2 Å². The Labute approximate surface area is 402 Å². The van der Waals surface area contributed by atoms with Crippen molar-refractivity contribution in [2.45, 2.75) is 189 Å². The van der Waals surface area contributed by atoms with Crippen LogP contribution in [0.1, 0.15) is 174 Å². The van der Waals surface area contributed by atoms with E-state index in [1.54, 1.807) is 0 Å². The number of hydrogen-bond donors (Lipinski definition) is 2. The van der Waals surface area contributed by atoms with Crippen molar-refractivity contribution in [3.8, 4) is 56.4 Å². The van der Waals surface area contributed by atoms with Crippen molar-refractivity contribution in [1.82, 2.24) is 0 Å². The molecule has 0 spiro atoms. The third-order valence-electron chi connectivity index (χ3n) is 15.5. The lowest BCUT2D eigenvalue weighted by molar-refractivity contribution is 0.131. The van der Waals surface area contributed by atoms with Gasteiger partial charge < -0.3 is 19.7 Å². The summed E-state index contributed by atoms with van der Waals surface area (Å²) in [5.41, 5.74) is 21.8. The second-order valence-electron chi connectivity index (χ2n) is 20.7. The molecule has 0 radical (unpaired) electrons. The van der Waals surface area contributed by atoms with E-state index in [1.807, 2.05) is 0 Å². The van der Waals surface area contributed by atoms with Gasteiger partial charge in [-0.15, -0.1) is 0 Å². The van der Waals surface area contributed by atoms with Crippen molar-refractivity contribution >= 4 is 5.57 Å². The van der Waals surface area contributed by atoms with Crippen molar-refractivity contribution in [1.29, 1.82) is 0 Å². The Hall–Kier alpha value is -5.22. The molecular formula is C63H76O4. The van der Waals surface area contributed by atoms with E-state index in [0.29, 0.717) is 17.9 Å². The Balaban J connectivity index is 1.01. The van der Waals surface area contributed by atoms with Gasteiger partial charge in [0.05, 0.1) is 12.2 Å². The summed E-state index contributed by atoms with van der Waals surface area (Å²) in [5, 5.41) is 25.0. The van der Waals surface area contributed by atoms with Crippen molar-refractivity contribution in [3.05, 3.63) is 134 Å². The molecule has 0 amide bonds. The van der Waals surface area contributed by atoms with Crippen LogP contribution in [-0.2, 0) is 38.5 Å². The molecule has 4 aliphatic rings. The van der Waals surface area contributed by atoms with Gasteiger partial charge in [0.1, 0.15) is 23.0 Å². The molecule has 67 heavy (non-hydrogen) atoms. The zero-order valence-electron chi connectivity index (χ0n) is 41.6. The average molecular weight is 897 g/mol. The summed E-state index contributed by atoms with van der Waals surface area (Å²) in [4.78, 5) is 0. The molecule has 0 bridgehead atoms. The fraction of sp³-hybridized carbons (Fsp3) is 0.460. The molecule has 5 aromatic carbocycles. The number of allylic oxidation sites excluding steroid dienone is 4. The molecule has 0 aliphatic heterocycles. The number of rotatable bonds is 12. The number of benzene rings is 5. The van der Waals surface area contributed by atoms with Gasteiger partial charge in [-0.1, -0.05) is 51.0 Å². The van der Waals surface area contributed by atoms with Crippen molar-refractivity contribution in [3.63, 3.8) is 0 Å². The normalized spacial score (nSPS) is 19.3. The minimum Gasteiger partial charge on any atom is -0.507 e. The summed E-state index contributed by atoms with van der Waals surface area (Å²) >= 11 is 0. The molecule has 352 valence electrons. The molecule has 1 saturated carbocycles. The van der Waals surface area contributed by atoms with Gasteiger partial charge in [0, 0.05) is 39.8 Å². The maximum Gasteiger partial charge on any atom is 0.131 e. The second-order valence-corrected chi connectivity index (χ2v) is 20.7. The molecule has 0 unspecified atom stereocenters. The lowest BCUT2D eigenvalue weighted by atomic mass is 9.76. The highest BCUT2D eigenvalue weighted by atomic mass is 16.5.